The second-order valence-corrected chi connectivity index (χ2v) is 4.59. The third kappa shape index (κ3) is 2.76. The summed E-state index contributed by atoms with van der Waals surface area (Å²) in [5.74, 6) is -0.378. The van der Waals surface area contributed by atoms with E-state index in [0.29, 0.717) is 11.7 Å². The molecule has 80 valence electrons. The lowest BCUT2D eigenvalue weighted by Crippen LogP contribution is -2.35. The molecule has 0 aliphatic heterocycles. The molecule has 1 aromatic rings. The number of hydrogen-bond donors (Lipinski definition) is 2. The highest BCUT2D eigenvalue weighted by Crippen LogP contribution is 2.23. The fourth-order valence-electron chi connectivity index (χ4n) is 1.36. The van der Waals surface area contributed by atoms with Crippen molar-refractivity contribution in [1.82, 2.24) is 10.3 Å². The van der Waals surface area contributed by atoms with Crippen LogP contribution in [0.25, 0.3) is 0 Å². The Hall–Kier alpha value is -0.940. The summed E-state index contributed by atoms with van der Waals surface area (Å²) in [4.78, 5) is 15.4. The number of rotatable bonds is 4. The van der Waals surface area contributed by atoms with Gasteiger partial charge >= 0.3 is 0 Å². The maximum Gasteiger partial charge on any atom is 0.240 e. The quantitative estimate of drug-likeness (QED) is 0.861. The molecule has 5 heteroatoms. The van der Waals surface area contributed by atoms with E-state index in [-0.39, 0.29) is 5.91 Å². The van der Waals surface area contributed by atoms with Crippen molar-refractivity contribution in [3.05, 3.63) is 28.5 Å². The minimum absolute atomic E-state index is 0.378. The van der Waals surface area contributed by atoms with Crippen molar-refractivity contribution < 1.29 is 4.79 Å². The number of carbonyl (C=O) groups excluding carboxylic acids is 1. The fourth-order valence-corrected chi connectivity index (χ4v) is 1.59. The van der Waals surface area contributed by atoms with Gasteiger partial charge < -0.3 is 5.73 Å². The summed E-state index contributed by atoms with van der Waals surface area (Å²) < 4.78 is 0.890. The average molecular weight is 270 g/mol. The second kappa shape index (κ2) is 4.28. The maximum atomic E-state index is 11.3. The molecule has 3 N–H and O–H groups in total. The van der Waals surface area contributed by atoms with Gasteiger partial charge in [0.15, 0.2) is 0 Å². The Morgan fingerprint density at radius 3 is 2.80 bits per heavy atom. The van der Waals surface area contributed by atoms with Gasteiger partial charge in [-0.3, -0.25) is 15.1 Å². The van der Waals surface area contributed by atoms with Crippen LogP contribution in [0.4, 0.5) is 0 Å². The topological polar surface area (TPSA) is 68.0 Å². The van der Waals surface area contributed by atoms with E-state index < -0.39 is 6.04 Å². The Kier molecular flexibility index (Phi) is 3.02. The van der Waals surface area contributed by atoms with Crippen LogP contribution in [-0.4, -0.2) is 16.9 Å². The Bertz CT molecular complexity index is 361. The molecule has 1 atom stereocenters. The van der Waals surface area contributed by atoms with Gasteiger partial charge in [0.05, 0.1) is 5.69 Å². The first-order valence-electron chi connectivity index (χ1n) is 4.83. The molecule has 1 unspecified atom stereocenters. The molecule has 0 saturated heterocycles. The number of amides is 1. The summed E-state index contributed by atoms with van der Waals surface area (Å²) in [5, 5.41) is 3.17. The molecule has 0 radical (unpaired) electrons. The number of hydrogen-bond acceptors (Lipinski definition) is 3. The first kappa shape index (κ1) is 10.6. The summed E-state index contributed by atoms with van der Waals surface area (Å²) in [5.41, 5.74) is 6.01. The third-order valence-corrected chi connectivity index (χ3v) is 2.78. The van der Waals surface area contributed by atoms with Crippen molar-refractivity contribution in [2.24, 2.45) is 5.73 Å². The number of aromatic nitrogens is 1. The molecule has 2 rings (SSSR count). The van der Waals surface area contributed by atoms with Crippen molar-refractivity contribution in [1.29, 1.82) is 0 Å². The average Bonchev–Trinajstić information content (AvgIpc) is 2.99. The van der Waals surface area contributed by atoms with E-state index in [0.717, 1.165) is 17.3 Å². The summed E-state index contributed by atoms with van der Waals surface area (Å²) >= 11 is 3.30. The van der Waals surface area contributed by atoms with Crippen LogP contribution in [-0.2, 0) is 4.79 Å². The molecule has 1 aromatic heterocycles. The van der Waals surface area contributed by atoms with Crippen molar-refractivity contribution in [3.8, 4) is 0 Å². The van der Waals surface area contributed by atoms with Crippen LogP contribution >= 0.6 is 15.9 Å². The van der Waals surface area contributed by atoms with Crippen molar-refractivity contribution in [2.75, 3.05) is 0 Å². The standard InChI is InChI=1S/C10H12BrN3O/c11-6-1-4-8(13-5-6)9(10(12)15)14-7-2-3-7/h1,4-5,7,9,14H,2-3H2,(H2,12,15). The Labute approximate surface area is 96.4 Å². The predicted molar refractivity (Wildman–Crippen MR) is 60.0 cm³/mol. The number of nitrogens with one attached hydrogen (secondary N) is 1. The lowest BCUT2D eigenvalue weighted by atomic mass is 10.2. The summed E-state index contributed by atoms with van der Waals surface area (Å²) in [6.07, 6.45) is 3.89. The van der Waals surface area contributed by atoms with Gasteiger partial charge in [0, 0.05) is 16.7 Å². The molecule has 15 heavy (non-hydrogen) atoms. The lowest BCUT2D eigenvalue weighted by Gasteiger charge is -2.14. The summed E-state index contributed by atoms with van der Waals surface area (Å²) in [7, 11) is 0. The van der Waals surface area contributed by atoms with E-state index >= 15 is 0 Å². The Morgan fingerprint density at radius 2 is 2.33 bits per heavy atom. The number of pyridine rings is 1. The highest BCUT2D eigenvalue weighted by molar-refractivity contribution is 9.10. The number of nitrogens with two attached hydrogens (primary N) is 1. The minimum atomic E-state index is -0.467. The summed E-state index contributed by atoms with van der Waals surface area (Å²) in [6.45, 7) is 0. The van der Waals surface area contributed by atoms with Crippen LogP contribution < -0.4 is 11.1 Å². The molecule has 1 saturated carbocycles. The zero-order valence-electron chi connectivity index (χ0n) is 8.11. The first-order chi connectivity index (χ1) is 7.16. The van der Waals surface area contributed by atoms with E-state index in [1.54, 1.807) is 12.3 Å². The smallest absolute Gasteiger partial charge is 0.240 e. The van der Waals surface area contributed by atoms with Crippen LogP contribution in [0.15, 0.2) is 22.8 Å². The zero-order chi connectivity index (χ0) is 10.8. The van der Waals surface area contributed by atoms with Gasteiger partial charge in [-0.25, -0.2) is 0 Å². The molecule has 1 fully saturated rings. The number of carbonyl (C=O) groups is 1. The van der Waals surface area contributed by atoms with Crippen LogP contribution in [0.1, 0.15) is 24.6 Å². The molecule has 0 spiro atoms. The van der Waals surface area contributed by atoms with Gasteiger partial charge in [0.1, 0.15) is 6.04 Å². The second-order valence-electron chi connectivity index (χ2n) is 3.68. The SMILES string of the molecule is NC(=O)C(NC1CC1)c1ccc(Br)cn1. The normalized spacial score (nSPS) is 17.4. The molecule has 4 nitrogen and oxygen atoms in total. The summed E-state index contributed by atoms with van der Waals surface area (Å²) in [6, 6.07) is 3.61. The van der Waals surface area contributed by atoms with Crippen LogP contribution in [0.2, 0.25) is 0 Å². The third-order valence-electron chi connectivity index (χ3n) is 2.31. The largest absolute Gasteiger partial charge is 0.368 e. The number of nitrogens with zero attached hydrogens (tertiary/aromatic N) is 1. The van der Waals surface area contributed by atoms with E-state index in [1.165, 1.54) is 0 Å². The fraction of sp³-hybridized carbons (Fsp3) is 0.400. The number of halogens is 1. The van der Waals surface area contributed by atoms with Crippen LogP contribution in [0.3, 0.4) is 0 Å². The van der Waals surface area contributed by atoms with Crippen molar-refractivity contribution in [3.63, 3.8) is 0 Å². The molecule has 1 aliphatic carbocycles. The van der Waals surface area contributed by atoms with E-state index in [9.17, 15) is 4.79 Å². The lowest BCUT2D eigenvalue weighted by molar-refractivity contribution is -0.120. The molecule has 1 amide bonds. The molecular formula is C10H12BrN3O. The predicted octanol–water partition coefficient (Wildman–Crippen LogP) is 1.12. The van der Waals surface area contributed by atoms with Crippen molar-refractivity contribution >= 4 is 21.8 Å². The highest BCUT2D eigenvalue weighted by atomic mass is 79.9. The Morgan fingerprint density at radius 1 is 1.60 bits per heavy atom. The molecule has 0 bridgehead atoms. The monoisotopic (exact) mass is 269 g/mol. The van der Waals surface area contributed by atoms with Gasteiger partial charge in [-0.2, -0.15) is 0 Å². The molecule has 1 aliphatic rings. The van der Waals surface area contributed by atoms with E-state index in [2.05, 4.69) is 26.2 Å². The minimum Gasteiger partial charge on any atom is -0.368 e. The van der Waals surface area contributed by atoms with E-state index in [1.807, 2.05) is 6.07 Å². The molecule has 1 heterocycles. The van der Waals surface area contributed by atoms with Crippen LogP contribution in [0, 0.1) is 0 Å². The molecule has 0 aromatic carbocycles. The Balaban J connectivity index is 2.15. The molecular weight excluding hydrogens is 258 g/mol. The van der Waals surface area contributed by atoms with E-state index in [4.69, 9.17) is 5.73 Å². The highest BCUT2D eigenvalue weighted by Gasteiger charge is 2.28. The van der Waals surface area contributed by atoms with Crippen molar-refractivity contribution in [2.45, 2.75) is 24.9 Å². The van der Waals surface area contributed by atoms with Gasteiger partial charge in [0.25, 0.3) is 0 Å². The van der Waals surface area contributed by atoms with Gasteiger partial charge in [-0.15, -0.1) is 0 Å². The maximum absolute atomic E-state index is 11.3. The van der Waals surface area contributed by atoms with Crippen LogP contribution in [0.5, 0.6) is 0 Å². The van der Waals surface area contributed by atoms with Gasteiger partial charge in [-0.1, -0.05) is 0 Å². The van der Waals surface area contributed by atoms with Gasteiger partial charge in [-0.05, 0) is 40.9 Å². The zero-order valence-corrected chi connectivity index (χ0v) is 9.70. The van der Waals surface area contributed by atoms with Gasteiger partial charge in [0.2, 0.25) is 5.91 Å². The number of primary amides is 1. The first-order valence-corrected chi connectivity index (χ1v) is 5.63.